The summed E-state index contributed by atoms with van der Waals surface area (Å²) >= 11 is 1.76. The van der Waals surface area contributed by atoms with E-state index in [0.29, 0.717) is 18.5 Å². The highest BCUT2D eigenvalue weighted by molar-refractivity contribution is 14.0. The standard InChI is InChI=1S/C20H25F3N4OS.HI/c1-24-19(26-16-7-9-27(10-8-16)18-6-3-11-29-18)25-13-15-4-2-5-17(12-15)28-14-20(21,22)23;/h2-6,11-12,16H,7-10,13-14H2,1H3,(H2,24,25,26);1H. The first kappa shape index (κ1) is 24.6. The van der Waals surface area contributed by atoms with Gasteiger partial charge in [-0.15, -0.1) is 35.3 Å². The van der Waals surface area contributed by atoms with Crippen LogP contribution in [-0.4, -0.2) is 44.9 Å². The molecule has 1 saturated heterocycles. The van der Waals surface area contributed by atoms with Crippen LogP contribution in [0.5, 0.6) is 5.75 Å². The van der Waals surface area contributed by atoms with Crippen LogP contribution in [0.4, 0.5) is 18.2 Å². The molecule has 0 aliphatic carbocycles. The Kier molecular flexibility index (Phi) is 9.53. The number of aliphatic imine (C=N–C) groups is 1. The average Bonchev–Trinajstić information content (AvgIpc) is 3.25. The van der Waals surface area contributed by atoms with Crippen molar-refractivity contribution in [1.82, 2.24) is 10.6 Å². The van der Waals surface area contributed by atoms with Gasteiger partial charge in [-0.3, -0.25) is 4.99 Å². The van der Waals surface area contributed by atoms with Crippen LogP contribution in [0.25, 0.3) is 0 Å². The van der Waals surface area contributed by atoms with E-state index in [0.717, 1.165) is 31.5 Å². The molecule has 0 atom stereocenters. The molecule has 1 fully saturated rings. The Morgan fingerprint density at radius 2 is 2.00 bits per heavy atom. The Balaban J connectivity index is 0.00000320. The second-order valence-corrected chi connectivity index (χ2v) is 7.76. The summed E-state index contributed by atoms with van der Waals surface area (Å²) in [5.41, 5.74) is 0.820. The summed E-state index contributed by atoms with van der Waals surface area (Å²) in [6.07, 6.45) is -2.32. The van der Waals surface area contributed by atoms with E-state index in [1.54, 1.807) is 30.5 Å². The SMILES string of the molecule is CN=C(NCc1cccc(OCC(F)(F)F)c1)NC1CCN(c2cccs2)CC1.I. The first-order valence-corrected chi connectivity index (χ1v) is 10.3. The fraction of sp³-hybridized carbons (Fsp3) is 0.450. The Labute approximate surface area is 195 Å². The van der Waals surface area contributed by atoms with E-state index in [-0.39, 0.29) is 29.7 Å². The van der Waals surface area contributed by atoms with E-state index in [2.05, 4.69) is 38.0 Å². The van der Waals surface area contributed by atoms with Crippen LogP contribution in [0.3, 0.4) is 0 Å². The number of anilines is 1. The van der Waals surface area contributed by atoms with Gasteiger partial charge in [0, 0.05) is 32.7 Å². The van der Waals surface area contributed by atoms with E-state index in [1.165, 1.54) is 11.1 Å². The Hall–Kier alpha value is -1.69. The first-order valence-electron chi connectivity index (χ1n) is 9.47. The summed E-state index contributed by atoms with van der Waals surface area (Å²) in [6, 6.07) is 11.2. The smallest absolute Gasteiger partial charge is 0.422 e. The van der Waals surface area contributed by atoms with Crippen LogP contribution in [0.2, 0.25) is 0 Å². The summed E-state index contributed by atoms with van der Waals surface area (Å²) in [6.45, 7) is 1.13. The minimum atomic E-state index is -4.35. The van der Waals surface area contributed by atoms with Crippen molar-refractivity contribution in [1.29, 1.82) is 0 Å². The Morgan fingerprint density at radius 3 is 2.63 bits per heavy atom. The molecule has 2 heterocycles. The largest absolute Gasteiger partial charge is 0.484 e. The van der Waals surface area contributed by atoms with Crippen molar-refractivity contribution < 1.29 is 17.9 Å². The molecule has 0 saturated carbocycles. The number of guanidine groups is 1. The minimum Gasteiger partial charge on any atom is -0.484 e. The van der Waals surface area contributed by atoms with Crippen molar-refractivity contribution in [2.75, 3.05) is 31.6 Å². The Morgan fingerprint density at radius 1 is 1.23 bits per heavy atom. The topological polar surface area (TPSA) is 48.9 Å². The van der Waals surface area contributed by atoms with Gasteiger partial charge in [-0.1, -0.05) is 12.1 Å². The van der Waals surface area contributed by atoms with Gasteiger partial charge >= 0.3 is 6.18 Å². The van der Waals surface area contributed by atoms with Gasteiger partial charge in [0.1, 0.15) is 5.75 Å². The van der Waals surface area contributed by atoms with E-state index in [4.69, 9.17) is 4.74 Å². The molecular formula is C20H26F3IN4OS. The highest BCUT2D eigenvalue weighted by atomic mass is 127. The summed E-state index contributed by atoms with van der Waals surface area (Å²) in [5, 5.41) is 10.1. The van der Waals surface area contributed by atoms with Crippen LogP contribution in [0.1, 0.15) is 18.4 Å². The fourth-order valence-corrected chi connectivity index (χ4v) is 3.96. The maximum atomic E-state index is 12.3. The van der Waals surface area contributed by atoms with Crippen molar-refractivity contribution in [3.05, 3.63) is 47.3 Å². The van der Waals surface area contributed by atoms with Crippen LogP contribution in [0, 0.1) is 0 Å². The molecule has 30 heavy (non-hydrogen) atoms. The first-order chi connectivity index (χ1) is 13.9. The average molecular weight is 554 g/mol. The monoisotopic (exact) mass is 554 g/mol. The molecule has 0 radical (unpaired) electrons. The minimum absolute atomic E-state index is 0. The summed E-state index contributed by atoms with van der Waals surface area (Å²) in [7, 11) is 1.71. The molecule has 0 amide bonds. The summed E-state index contributed by atoms with van der Waals surface area (Å²) < 4.78 is 41.7. The van der Waals surface area contributed by atoms with Gasteiger partial charge in [0.25, 0.3) is 0 Å². The molecule has 1 aromatic heterocycles. The lowest BCUT2D eigenvalue weighted by molar-refractivity contribution is -0.153. The lowest BCUT2D eigenvalue weighted by atomic mass is 10.1. The molecule has 5 nitrogen and oxygen atoms in total. The molecule has 0 bridgehead atoms. The van der Waals surface area contributed by atoms with Crippen molar-refractivity contribution in [3.8, 4) is 5.75 Å². The number of piperidine rings is 1. The molecule has 0 unspecified atom stereocenters. The maximum Gasteiger partial charge on any atom is 0.422 e. The highest BCUT2D eigenvalue weighted by Gasteiger charge is 2.28. The van der Waals surface area contributed by atoms with Gasteiger partial charge < -0.3 is 20.3 Å². The molecule has 2 N–H and O–H groups in total. The molecule has 1 aromatic carbocycles. The van der Waals surface area contributed by atoms with Gasteiger partial charge in [0.2, 0.25) is 0 Å². The molecule has 1 aliphatic rings. The zero-order valence-corrected chi connectivity index (χ0v) is 19.8. The van der Waals surface area contributed by atoms with Crippen molar-refractivity contribution in [3.63, 3.8) is 0 Å². The second-order valence-electron chi connectivity index (χ2n) is 6.83. The molecule has 0 spiro atoms. The predicted octanol–water partition coefficient (Wildman–Crippen LogP) is 4.64. The number of hydrogen-bond acceptors (Lipinski definition) is 4. The summed E-state index contributed by atoms with van der Waals surface area (Å²) in [5.74, 6) is 0.881. The number of nitrogens with zero attached hydrogens (tertiary/aromatic N) is 2. The van der Waals surface area contributed by atoms with Gasteiger partial charge in [-0.25, -0.2) is 0 Å². The van der Waals surface area contributed by atoms with Gasteiger partial charge in [-0.05, 0) is 48.1 Å². The number of benzene rings is 1. The quantitative estimate of drug-likeness (QED) is 0.311. The third kappa shape index (κ3) is 7.86. The van der Waals surface area contributed by atoms with Crippen molar-refractivity contribution in [2.45, 2.75) is 31.6 Å². The predicted molar refractivity (Wildman–Crippen MR) is 126 cm³/mol. The van der Waals surface area contributed by atoms with Gasteiger partial charge in [0.15, 0.2) is 12.6 Å². The van der Waals surface area contributed by atoms with E-state index < -0.39 is 12.8 Å². The van der Waals surface area contributed by atoms with Crippen LogP contribution in [0.15, 0.2) is 46.8 Å². The van der Waals surface area contributed by atoms with E-state index >= 15 is 0 Å². The number of alkyl halides is 3. The Bertz CT molecular complexity index is 794. The molecule has 1 aliphatic heterocycles. The maximum absolute atomic E-state index is 12.3. The molecule has 166 valence electrons. The normalized spacial score (nSPS) is 15.5. The highest BCUT2D eigenvalue weighted by Crippen LogP contribution is 2.25. The fourth-order valence-electron chi connectivity index (χ4n) is 3.18. The van der Waals surface area contributed by atoms with Gasteiger partial charge in [0.05, 0.1) is 5.00 Å². The van der Waals surface area contributed by atoms with Crippen molar-refractivity contribution >= 4 is 46.3 Å². The third-order valence-electron chi connectivity index (χ3n) is 4.64. The number of nitrogens with one attached hydrogen (secondary N) is 2. The third-order valence-corrected chi connectivity index (χ3v) is 5.57. The number of rotatable bonds is 6. The molecule has 3 rings (SSSR count). The molecule has 2 aromatic rings. The van der Waals surface area contributed by atoms with Gasteiger partial charge in [-0.2, -0.15) is 13.2 Å². The number of hydrogen-bond donors (Lipinski definition) is 2. The number of ether oxygens (including phenoxy) is 1. The van der Waals surface area contributed by atoms with Crippen LogP contribution < -0.4 is 20.3 Å². The van der Waals surface area contributed by atoms with Crippen molar-refractivity contribution in [2.24, 2.45) is 4.99 Å². The molecular weight excluding hydrogens is 528 g/mol. The zero-order valence-electron chi connectivity index (χ0n) is 16.6. The lowest BCUT2D eigenvalue weighted by Gasteiger charge is -2.33. The number of thiophene rings is 1. The second kappa shape index (κ2) is 11.6. The molecule has 10 heteroatoms. The lowest BCUT2D eigenvalue weighted by Crippen LogP contribution is -2.48. The van der Waals surface area contributed by atoms with E-state index in [9.17, 15) is 13.2 Å². The zero-order chi connectivity index (χ0) is 20.7. The van der Waals surface area contributed by atoms with E-state index in [1.807, 2.05) is 6.07 Å². The van der Waals surface area contributed by atoms with Crippen LogP contribution in [-0.2, 0) is 6.54 Å². The summed E-state index contributed by atoms with van der Waals surface area (Å²) in [4.78, 5) is 6.65. The van der Waals surface area contributed by atoms with Crippen LogP contribution >= 0.6 is 35.3 Å². The number of halogens is 4.